The SMILES string of the molecule is CC1=N/C(=C2/CCc3cccc(O)c32)C(=O)N1c1ccccc1. The number of nitrogens with zero attached hydrogens (tertiary/aromatic N) is 2. The first-order valence-electron chi connectivity index (χ1n) is 7.66. The molecule has 1 heterocycles. The molecule has 2 aromatic carbocycles. The number of phenolic OH excluding ortho intramolecular Hbond substituents is 1. The van der Waals surface area contributed by atoms with E-state index < -0.39 is 0 Å². The van der Waals surface area contributed by atoms with Crippen LogP contribution in [0.2, 0.25) is 0 Å². The van der Waals surface area contributed by atoms with Gasteiger partial charge in [0.05, 0.1) is 5.69 Å². The van der Waals surface area contributed by atoms with E-state index in [1.807, 2.05) is 49.4 Å². The Balaban J connectivity index is 1.83. The number of hydrogen-bond donors (Lipinski definition) is 1. The molecule has 4 rings (SSSR count). The van der Waals surface area contributed by atoms with E-state index in [0.29, 0.717) is 11.5 Å². The number of rotatable bonds is 1. The van der Waals surface area contributed by atoms with Crippen molar-refractivity contribution < 1.29 is 9.90 Å². The van der Waals surface area contributed by atoms with Gasteiger partial charge in [0.1, 0.15) is 17.3 Å². The minimum atomic E-state index is -0.125. The molecule has 4 heteroatoms. The molecular weight excluding hydrogens is 288 g/mol. The fourth-order valence-corrected chi connectivity index (χ4v) is 3.35. The normalized spacial score (nSPS) is 20.0. The van der Waals surface area contributed by atoms with Gasteiger partial charge in [-0.15, -0.1) is 0 Å². The molecule has 0 spiro atoms. The van der Waals surface area contributed by atoms with Crippen molar-refractivity contribution >= 4 is 23.0 Å². The number of amidine groups is 1. The topological polar surface area (TPSA) is 52.9 Å². The smallest absolute Gasteiger partial charge is 0.282 e. The molecule has 1 aliphatic carbocycles. The van der Waals surface area contributed by atoms with Crippen LogP contribution in [0.25, 0.3) is 5.57 Å². The highest BCUT2D eigenvalue weighted by Crippen LogP contribution is 2.42. The number of allylic oxidation sites excluding steroid dienone is 1. The molecule has 0 aromatic heterocycles. The van der Waals surface area contributed by atoms with Crippen molar-refractivity contribution in [1.29, 1.82) is 0 Å². The van der Waals surface area contributed by atoms with Crippen molar-refractivity contribution in [2.45, 2.75) is 19.8 Å². The van der Waals surface area contributed by atoms with Crippen molar-refractivity contribution in [2.75, 3.05) is 4.90 Å². The molecule has 4 nitrogen and oxygen atoms in total. The van der Waals surface area contributed by atoms with Crippen molar-refractivity contribution in [1.82, 2.24) is 0 Å². The molecular formula is C19H16N2O2. The highest BCUT2D eigenvalue weighted by atomic mass is 16.3. The maximum atomic E-state index is 12.9. The second kappa shape index (κ2) is 5.09. The summed E-state index contributed by atoms with van der Waals surface area (Å²) < 4.78 is 0. The number of carbonyl (C=O) groups is 1. The van der Waals surface area contributed by atoms with Crippen LogP contribution in [0.3, 0.4) is 0 Å². The lowest BCUT2D eigenvalue weighted by atomic mass is 10.0. The first-order valence-corrected chi connectivity index (χ1v) is 7.66. The number of hydrogen-bond acceptors (Lipinski definition) is 3. The first kappa shape index (κ1) is 13.8. The van der Waals surface area contributed by atoms with Gasteiger partial charge >= 0.3 is 0 Å². The van der Waals surface area contributed by atoms with E-state index in [-0.39, 0.29) is 11.7 Å². The number of amides is 1. The molecule has 0 unspecified atom stereocenters. The molecule has 1 amide bonds. The second-order valence-electron chi connectivity index (χ2n) is 5.77. The standard InChI is InChI=1S/C19H16N2O2/c1-12-20-18(19(23)21(12)14-7-3-2-4-8-14)15-11-10-13-6-5-9-16(22)17(13)15/h2-9,22H,10-11H2,1H3/b18-15-. The number of aromatic hydroxyl groups is 1. The number of para-hydroxylation sites is 1. The minimum Gasteiger partial charge on any atom is -0.507 e. The van der Waals surface area contributed by atoms with E-state index in [9.17, 15) is 9.90 Å². The number of benzene rings is 2. The van der Waals surface area contributed by atoms with Crippen LogP contribution in [0, 0.1) is 0 Å². The third kappa shape index (κ3) is 2.06. The molecule has 1 aliphatic heterocycles. The lowest BCUT2D eigenvalue weighted by Crippen LogP contribution is -2.30. The monoisotopic (exact) mass is 304 g/mol. The maximum absolute atomic E-state index is 12.9. The van der Waals surface area contributed by atoms with Gasteiger partial charge in [-0.3, -0.25) is 9.69 Å². The van der Waals surface area contributed by atoms with Gasteiger partial charge in [-0.1, -0.05) is 30.3 Å². The summed E-state index contributed by atoms with van der Waals surface area (Å²) >= 11 is 0. The Labute approximate surface area is 134 Å². The third-order valence-corrected chi connectivity index (χ3v) is 4.38. The molecule has 0 radical (unpaired) electrons. The summed E-state index contributed by atoms with van der Waals surface area (Å²) in [6.07, 6.45) is 1.56. The highest BCUT2D eigenvalue weighted by molar-refractivity contribution is 6.29. The Hall–Kier alpha value is -2.88. The molecule has 23 heavy (non-hydrogen) atoms. The van der Waals surface area contributed by atoms with Crippen molar-refractivity contribution in [3.05, 3.63) is 65.4 Å². The lowest BCUT2D eigenvalue weighted by Gasteiger charge is -2.16. The van der Waals surface area contributed by atoms with Gasteiger partial charge < -0.3 is 5.11 Å². The van der Waals surface area contributed by atoms with Gasteiger partial charge in [0.25, 0.3) is 5.91 Å². The average Bonchev–Trinajstić information content (AvgIpc) is 3.10. The fraction of sp³-hybridized carbons (Fsp3) is 0.158. The number of fused-ring (bicyclic) bond motifs is 1. The van der Waals surface area contributed by atoms with E-state index in [2.05, 4.69) is 4.99 Å². The van der Waals surface area contributed by atoms with Crippen LogP contribution in [0.5, 0.6) is 5.75 Å². The van der Waals surface area contributed by atoms with Gasteiger partial charge in [0.15, 0.2) is 0 Å². The zero-order valence-electron chi connectivity index (χ0n) is 12.8. The Morgan fingerprint density at radius 2 is 1.83 bits per heavy atom. The molecule has 0 saturated heterocycles. The van der Waals surface area contributed by atoms with Crippen LogP contribution >= 0.6 is 0 Å². The minimum absolute atomic E-state index is 0.125. The average molecular weight is 304 g/mol. The Kier molecular flexibility index (Phi) is 3.05. The van der Waals surface area contributed by atoms with E-state index in [4.69, 9.17) is 0 Å². The molecule has 0 saturated carbocycles. The van der Waals surface area contributed by atoms with E-state index in [0.717, 1.165) is 35.2 Å². The summed E-state index contributed by atoms with van der Waals surface area (Å²) in [5, 5.41) is 10.2. The zero-order valence-corrected chi connectivity index (χ0v) is 12.8. The summed E-state index contributed by atoms with van der Waals surface area (Å²) in [4.78, 5) is 19.0. The Morgan fingerprint density at radius 3 is 2.61 bits per heavy atom. The van der Waals surface area contributed by atoms with E-state index in [1.54, 1.807) is 11.0 Å². The molecule has 2 aromatic rings. The van der Waals surface area contributed by atoms with Gasteiger partial charge in [0.2, 0.25) is 0 Å². The number of aliphatic imine (C=N–C) groups is 1. The molecule has 1 N–H and O–H groups in total. The number of anilines is 1. The van der Waals surface area contributed by atoms with Crippen LogP contribution in [0.4, 0.5) is 5.69 Å². The van der Waals surface area contributed by atoms with Gasteiger partial charge in [-0.05, 0) is 49.1 Å². The summed E-state index contributed by atoms with van der Waals surface area (Å²) in [5.41, 5.74) is 3.96. The van der Waals surface area contributed by atoms with Crippen molar-refractivity contribution in [3.63, 3.8) is 0 Å². The number of phenols is 1. The zero-order chi connectivity index (χ0) is 16.0. The van der Waals surface area contributed by atoms with E-state index in [1.165, 1.54) is 0 Å². The maximum Gasteiger partial charge on any atom is 0.282 e. The molecule has 2 aliphatic rings. The van der Waals surface area contributed by atoms with Crippen LogP contribution in [0.1, 0.15) is 24.5 Å². The lowest BCUT2D eigenvalue weighted by molar-refractivity contribution is -0.113. The molecule has 114 valence electrons. The van der Waals surface area contributed by atoms with Crippen LogP contribution in [-0.4, -0.2) is 16.8 Å². The van der Waals surface area contributed by atoms with Crippen molar-refractivity contribution in [3.8, 4) is 5.75 Å². The van der Waals surface area contributed by atoms with E-state index >= 15 is 0 Å². The summed E-state index contributed by atoms with van der Waals surface area (Å²) in [6.45, 7) is 1.83. The highest BCUT2D eigenvalue weighted by Gasteiger charge is 2.34. The number of carbonyl (C=O) groups excluding carboxylic acids is 1. The Morgan fingerprint density at radius 1 is 1.04 bits per heavy atom. The molecule has 0 atom stereocenters. The van der Waals surface area contributed by atoms with Crippen LogP contribution in [0.15, 0.2) is 59.2 Å². The summed E-state index contributed by atoms with van der Waals surface area (Å²) in [6, 6.07) is 15.0. The Bertz CT molecular complexity index is 866. The third-order valence-electron chi connectivity index (χ3n) is 4.38. The predicted octanol–water partition coefficient (Wildman–Crippen LogP) is 3.51. The van der Waals surface area contributed by atoms with Crippen LogP contribution in [-0.2, 0) is 11.2 Å². The van der Waals surface area contributed by atoms with Gasteiger partial charge in [0, 0.05) is 5.56 Å². The van der Waals surface area contributed by atoms with Gasteiger partial charge in [-0.25, -0.2) is 4.99 Å². The summed E-state index contributed by atoms with van der Waals surface area (Å²) in [7, 11) is 0. The molecule has 0 bridgehead atoms. The van der Waals surface area contributed by atoms with Crippen molar-refractivity contribution in [2.24, 2.45) is 4.99 Å². The fourth-order valence-electron chi connectivity index (χ4n) is 3.35. The predicted molar refractivity (Wildman–Crippen MR) is 90.4 cm³/mol. The summed E-state index contributed by atoms with van der Waals surface area (Å²) in [5.74, 6) is 0.758. The van der Waals surface area contributed by atoms with Crippen LogP contribution < -0.4 is 4.90 Å². The van der Waals surface area contributed by atoms with Gasteiger partial charge in [-0.2, -0.15) is 0 Å². The quantitative estimate of drug-likeness (QED) is 0.820. The number of aryl methyl sites for hydroxylation is 1. The first-order chi connectivity index (χ1) is 11.2. The second-order valence-corrected chi connectivity index (χ2v) is 5.77. The molecule has 0 fully saturated rings. The largest absolute Gasteiger partial charge is 0.507 e.